The molecule has 1 amide bonds. The lowest BCUT2D eigenvalue weighted by Crippen LogP contribution is -2.17. The van der Waals surface area contributed by atoms with Crippen LogP contribution in [0.5, 0.6) is 0 Å². The number of halogens is 5. The summed E-state index contributed by atoms with van der Waals surface area (Å²) in [4.78, 5) is 14.9. The Labute approximate surface area is 114 Å². The molecule has 0 fully saturated rings. The van der Waals surface area contributed by atoms with Gasteiger partial charge >= 0.3 is 6.18 Å². The number of nitrogens with one attached hydrogen (secondary N) is 1. The van der Waals surface area contributed by atoms with Crippen LogP contribution in [0.1, 0.15) is 16.1 Å². The summed E-state index contributed by atoms with van der Waals surface area (Å²) >= 11 is 0. The molecule has 2 aromatic heterocycles. The Balaban J connectivity index is 2.35. The number of anilines is 1. The van der Waals surface area contributed by atoms with Gasteiger partial charge in [-0.3, -0.25) is 4.79 Å². The van der Waals surface area contributed by atoms with E-state index in [0.717, 1.165) is 19.3 Å². The van der Waals surface area contributed by atoms with E-state index in [1.54, 1.807) is 0 Å². The summed E-state index contributed by atoms with van der Waals surface area (Å²) in [5.74, 6) is -4.84. The van der Waals surface area contributed by atoms with Crippen LogP contribution >= 0.6 is 0 Å². The molecule has 0 spiro atoms. The number of carbonyl (C=O) groups excluding carboxylic acids is 1. The Hall–Kier alpha value is -2.52. The second kappa shape index (κ2) is 5.11. The minimum atomic E-state index is -5.01. The van der Waals surface area contributed by atoms with Crippen LogP contribution in [0, 0.1) is 11.8 Å². The van der Waals surface area contributed by atoms with Gasteiger partial charge in [0, 0.05) is 13.2 Å². The third-order valence-electron chi connectivity index (χ3n) is 2.49. The highest BCUT2D eigenvalue weighted by Crippen LogP contribution is 2.33. The minimum Gasteiger partial charge on any atom is -0.304 e. The number of aromatic nitrogens is 3. The summed E-state index contributed by atoms with van der Waals surface area (Å²) in [6, 6.07) is 2.30. The van der Waals surface area contributed by atoms with Gasteiger partial charge in [-0.1, -0.05) is 0 Å². The molecule has 0 aliphatic rings. The van der Waals surface area contributed by atoms with E-state index in [0.29, 0.717) is 4.68 Å². The molecule has 0 aromatic carbocycles. The smallest absolute Gasteiger partial charge is 0.304 e. The first-order valence-corrected chi connectivity index (χ1v) is 5.43. The van der Waals surface area contributed by atoms with Crippen LogP contribution in [0.2, 0.25) is 0 Å². The van der Waals surface area contributed by atoms with Gasteiger partial charge in [0.05, 0.1) is 5.56 Å². The number of rotatable bonds is 2. The van der Waals surface area contributed by atoms with Gasteiger partial charge in [0.15, 0.2) is 11.6 Å². The average molecular weight is 306 g/mol. The van der Waals surface area contributed by atoms with Crippen molar-refractivity contribution < 1.29 is 26.7 Å². The number of carbonyl (C=O) groups is 1. The molecule has 1 N–H and O–H groups in total. The fraction of sp³-hybridized carbons (Fsp3) is 0.182. The lowest BCUT2D eigenvalue weighted by Gasteiger charge is -2.05. The van der Waals surface area contributed by atoms with Crippen LogP contribution in [0.3, 0.4) is 0 Å². The van der Waals surface area contributed by atoms with Crippen molar-refractivity contribution in [1.82, 2.24) is 14.8 Å². The number of amides is 1. The molecule has 5 nitrogen and oxygen atoms in total. The van der Waals surface area contributed by atoms with Crippen LogP contribution in [-0.2, 0) is 13.2 Å². The fourth-order valence-electron chi connectivity index (χ4n) is 1.55. The summed E-state index contributed by atoms with van der Waals surface area (Å²) in [5.41, 5.74) is -2.31. The van der Waals surface area contributed by atoms with Gasteiger partial charge in [-0.15, -0.1) is 0 Å². The maximum absolute atomic E-state index is 13.6. The first-order valence-electron chi connectivity index (χ1n) is 5.43. The van der Waals surface area contributed by atoms with E-state index in [4.69, 9.17) is 0 Å². The zero-order valence-corrected chi connectivity index (χ0v) is 10.4. The highest BCUT2D eigenvalue weighted by atomic mass is 19.4. The van der Waals surface area contributed by atoms with Crippen molar-refractivity contribution in [2.75, 3.05) is 5.32 Å². The van der Waals surface area contributed by atoms with E-state index in [1.165, 1.54) is 6.07 Å². The normalized spacial score (nSPS) is 11.5. The van der Waals surface area contributed by atoms with Gasteiger partial charge in [0.25, 0.3) is 5.91 Å². The van der Waals surface area contributed by atoms with Gasteiger partial charge < -0.3 is 5.32 Å². The largest absolute Gasteiger partial charge is 0.438 e. The molecular formula is C11H7F5N4O. The molecule has 0 aliphatic heterocycles. The molecule has 0 saturated heterocycles. The predicted molar refractivity (Wildman–Crippen MR) is 60.3 cm³/mol. The van der Waals surface area contributed by atoms with Gasteiger partial charge in [0.1, 0.15) is 0 Å². The first kappa shape index (κ1) is 14.9. The number of aryl methyl sites for hydroxylation is 1. The predicted octanol–water partition coefficient (Wildman–Crippen LogP) is 2.36. The van der Waals surface area contributed by atoms with Crippen LogP contribution in [0.25, 0.3) is 0 Å². The second-order valence-electron chi connectivity index (χ2n) is 3.93. The van der Waals surface area contributed by atoms with Crippen molar-refractivity contribution in [2.45, 2.75) is 6.18 Å². The highest BCUT2D eigenvalue weighted by Gasteiger charge is 2.40. The van der Waals surface area contributed by atoms with Crippen LogP contribution in [-0.4, -0.2) is 20.7 Å². The zero-order valence-electron chi connectivity index (χ0n) is 10.4. The van der Waals surface area contributed by atoms with Gasteiger partial charge in [-0.25, -0.2) is 14.1 Å². The minimum absolute atomic E-state index is 0.504. The van der Waals surface area contributed by atoms with E-state index >= 15 is 0 Å². The third kappa shape index (κ3) is 2.83. The number of alkyl halides is 3. The lowest BCUT2D eigenvalue weighted by atomic mass is 10.2. The molecule has 0 saturated carbocycles. The van der Waals surface area contributed by atoms with Crippen molar-refractivity contribution in [3.63, 3.8) is 0 Å². The molecule has 0 bridgehead atoms. The number of hydrogen-bond acceptors (Lipinski definition) is 3. The molecule has 21 heavy (non-hydrogen) atoms. The van der Waals surface area contributed by atoms with Crippen molar-refractivity contribution in [3.05, 3.63) is 41.4 Å². The number of pyridine rings is 1. The van der Waals surface area contributed by atoms with Crippen molar-refractivity contribution >= 4 is 11.7 Å². The molecule has 0 unspecified atom stereocenters. The highest BCUT2D eigenvalue weighted by molar-refractivity contribution is 6.03. The molecule has 2 aromatic rings. The van der Waals surface area contributed by atoms with Crippen molar-refractivity contribution in [1.29, 1.82) is 0 Å². The standard InChI is InChI=1S/C11H7F5N4O/c1-20-9(6(12)7(19-20)11(14,15)16)18-10(21)5-3-2-4-17-8(5)13/h2-4H,1H3,(H,18,21). The van der Waals surface area contributed by atoms with Gasteiger partial charge in [0.2, 0.25) is 11.6 Å². The lowest BCUT2D eigenvalue weighted by molar-refractivity contribution is -0.143. The Kier molecular flexibility index (Phi) is 3.62. The Bertz CT molecular complexity index is 694. The SMILES string of the molecule is Cn1nc(C(F)(F)F)c(F)c1NC(=O)c1cccnc1F. The molecule has 0 aliphatic carbocycles. The number of hydrogen-bond donors (Lipinski definition) is 1. The van der Waals surface area contributed by atoms with E-state index in [-0.39, 0.29) is 0 Å². The van der Waals surface area contributed by atoms with E-state index in [2.05, 4.69) is 10.1 Å². The second-order valence-corrected chi connectivity index (χ2v) is 3.93. The molecule has 10 heteroatoms. The summed E-state index contributed by atoms with van der Waals surface area (Å²) in [6.07, 6.45) is -3.93. The zero-order chi connectivity index (χ0) is 15.8. The van der Waals surface area contributed by atoms with Crippen molar-refractivity contribution in [2.24, 2.45) is 7.05 Å². The molecule has 2 heterocycles. The maximum Gasteiger partial charge on any atom is 0.438 e. The number of nitrogens with zero attached hydrogens (tertiary/aromatic N) is 3. The fourth-order valence-corrected chi connectivity index (χ4v) is 1.55. The summed E-state index contributed by atoms with van der Waals surface area (Å²) in [6.45, 7) is 0. The monoisotopic (exact) mass is 306 g/mol. The molecule has 0 radical (unpaired) electrons. The summed E-state index contributed by atoms with van der Waals surface area (Å²) in [7, 11) is 1.01. The van der Waals surface area contributed by atoms with Crippen molar-refractivity contribution in [3.8, 4) is 0 Å². The Morgan fingerprint density at radius 2 is 2.00 bits per heavy atom. The third-order valence-corrected chi connectivity index (χ3v) is 2.49. The van der Waals surface area contributed by atoms with Gasteiger partial charge in [-0.05, 0) is 12.1 Å². The quantitative estimate of drug-likeness (QED) is 0.684. The summed E-state index contributed by atoms with van der Waals surface area (Å²) in [5, 5.41) is 4.78. The maximum atomic E-state index is 13.6. The topological polar surface area (TPSA) is 59.8 Å². The van der Waals surface area contributed by atoms with Crippen LogP contribution in [0.4, 0.5) is 27.8 Å². The first-order chi connectivity index (χ1) is 9.71. The van der Waals surface area contributed by atoms with Crippen LogP contribution in [0.15, 0.2) is 18.3 Å². The molecule has 2 rings (SSSR count). The van der Waals surface area contributed by atoms with Crippen LogP contribution < -0.4 is 5.32 Å². The molecule has 112 valence electrons. The van der Waals surface area contributed by atoms with E-state index < -0.39 is 40.9 Å². The molecule has 0 atom stereocenters. The molecular weight excluding hydrogens is 299 g/mol. The Morgan fingerprint density at radius 3 is 2.52 bits per heavy atom. The van der Waals surface area contributed by atoms with E-state index in [1.807, 2.05) is 5.32 Å². The van der Waals surface area contributed by atoms with E-state index in [9.17, 15) is 26.7 Å². The Morgan fingerprint density at radius 1 is 1.33 bits per heavy atom. The average Bonchev–Trinajstić information content (AvgIpc) is 2.67. The summed E-state index contributed by atoms with van der Waals surface area (Å²) < 4.78 is 64.8. The van der Waals surface area contributed by atoms with Gasteiger partial charge in [-0.2, -0.15) is 22.7 Å².